The molecule has 0 aliphatic heterocycles. The zero-order chi connectivity index (χ0) is 21.8. The zero-order valence-corrected chi connectivity index (χ0v) is 18.6. The second-order valence-electron chi connectivity index (χ2n) is 7.95. The third-order valence-corrected chi connectivity index (χ3v) is 4.70. The molecule has 1 aromatic carbocycles. The Morgan fingerprint density at radius 3 is 2.41 bits per heavy atom. The fraction of sp³-hybridized carbons (Fsp3) is 0.476. The van der Waals surface area contributed by atoms with Gasteiger partial charge in [-0.25, -0.2) is 9.48 Å². The minimum atomic E-state index is -0.551. The summed E-state index contributed by atoms with van der Waals surface area (Å²) < 4.78 is 6.95. The molecular weight excluding hydrogens is 392 g/mol. The number of nitrogens with zero attached hydrogens (tertiary/aromatic N) is 2. The summed E-state index contributed by atoms with van der Waals surface area (Å²) in [5, 5.41) is 10.6. The third-order valence-electron chi connectivity index (χ3n) is 4.29. The van der Waals surface area contributed by atoms with Crippen LogP contribution >= 0.6 is 11.6 Å². The molecular formula is C21H29ClN4O3. The molecule has 2 aromatic rings. The van der Waals surface area contributed by atoms with E-state index in [1.807, 2.05) is 39.0 Å². The number of hydrogen-bond acceptors (Lipinski definition) is 4. The number of aromatic nitrogens is 2. The molecule has 0 radical (unpaired) electrons. The van der Waals surface area contributed by atoms with Crippen LogP contribution in [0.4, 0.5) is 4.79 Å². The molecule has 2 amide bonds. The average Bonchev–Trinajstić information content (AvgIpc) is 2.88. The maximum atomic E-state index is 12.3. The molecule has 0 saturated carbocycles. The Bertz CT molecular complexity index is 900. The van der Waals surface area contributed by atoms with Crippen molar-refractivity contribution in [2.45, 2.75) is 53.6 Å². The van der Waals surface area contributed by atoms with Crippen LogP contribution < -0.4 is 10.6 Å². The Kier molecular flexibility index (Phi) is 7.30. The molecule has 2 N–H and O–H groups in total. The molecule has 1 heterocycles. The highest BCUT2D eigenvalue weighted by atomic mass is 35.5. The van der Waals surface area contributed by atoms with Crippen LogP contribution in [0.5, 0.6) is 0 Å². The van der Waals surface area contributed by atoms with Crippen molar-refractivity contribution in [2.24, 2.45) is 0 Å². The zero-order valence-electron chi connectivity index (χ0n) is 17.9. The summed E-state index contributed by atoms with van der Waals surface area (Å²) >= 11 is 6.23. The SMILES string of the molecule is Cc1ccc(-n2nc(C)c(CC(=O)NCCNC(=O)OC(C)(C)C)c2C)cc1Cl. The molecule has 0 unspecified atom stereocenters. The molecule has 0 spiro atoms. The van der Waals surface area contributed by atoms with Crippen molar-refractivity contribution in [1.29, 1.82) is 0 Å². The first kappa shape index (κ1) is 22.7. The number of carbonyl (C=O) groups excluding carboxylic acids is 2. The molecule has 0 bridgehead atoms. The van der Waals surface area contributed by atoms with Crippen LogP contribution in [0.25, 0.3) is 5.69 Å². The van der Waals surface area contributed by atoms with Crippen molar-refractivity contribution >= 4 is 23.6 Å². The Morgan fingerprint density at radius 2 is 1.79 bits per heavy atom. The van der Waals surface area contributed by atoms with E-state index in [0.29, 0.717) is 18.1 Å². The second kappa shape index (κ2) is 9.31. The minimum absolute atomic E-state index is 0.135. The van der Waals surface area contributed by atoms with Crippen molar-refractivity contribution in [3.8, 4) is 5.69 Å². The minimum Gasteiger partial charge on any atom is -0.444 e. The van der Waals surface area contributed by atoms with Gasteiger partial charge in [0, 0.05) is 29.4 Å². The van der Waals surface area contributed by atoms with Gasteiger partial charge in [0.1, 0.15) is 5.60 Å². The standard InChI is InChI=1S/C21H29ClN4O3/c1-13-7-8-16(11-18(13)22)26-15(3)17(14(2)25-26)12-19(27)23-9-10-24-20(28)29-21(4,5)6/h7-8,11H,9-10,12H2,1-6H3,(H,23,27)(H,24,28). The van der Waals surface area contributed by atoms with Crippen molar-refractivity contribution in [2.75, 3.05) is 13.1 Å². The van der Waals surface area contributed by atoms with Crippen LogP contribution in [-0.4, -0.2) is 40.5 Å². The number of aryl methyl sites for hydroxylation is 2. The third kappa shape index (κ3) is 6.49. The van der Waals surface area contributed by atoms with Gasteiger partial charge in [-0.05, 0) is 59.2 Å². The number of hydrogen-bond donors (Lipinski definition) is 2. The summed E-state index contributed by atoms with van der Waals surface area (Å²) in [6.07, 6.45) is -0.291. The molecule has 2 rings (SSSR count). The summed E-state index contributed by atoms with van der Waals surface area (Å²) in [7, 11) is 0. The van der Waals surface area contributed by atoms with E-state index in [2.05, 4.69) is 15.7 Å². The van der Waals surface area contributed by atoms with Crippen molar-refractivity contribution in [3.05, 3.63) is 45.7 Å². The summed E-state index contributed by atoms with van der Waals surface area (Å²) in [4.78, 5) is 23.9. The lowest BCUT2D eigenvalue weighted by atomic mass is 10.1. The van der Waals surface area contributed by atoms with Gasteiger partial charge in [0.25, 0.3) is 0 Å². The number of benzene rings is 1. The van der Waals surface area contributed by atoms with E-state index in [0.717, 1.165) is 28.2 Å². The Balaban J connectivity index is 1.93. The fourth-order valence-corrected chi connectivity index (χ4v) is 2.97. The van der Waals surface area contributed by atoms with E-state index in [1.54, 1.807) is 25.5 Å². The number of rotatable bonds is 6. The van der Waals surface area contributed by atoms with Crippen molar-refractivity contribution < 1.29 is 14.3 Å². The molecule has 158 valence electrons. The van der Waals surface area contributed by atoms with Crippen LogP contribution in [0.1, 0.15) is 43.3 Å². The van der Waals surface area contributed by atoms with Crippen LogP contribution in [0, 0.1) is 20.8 Å². The van der Waals surface area contributed by atoms with E-state index in [-0.39, 0.29) is 12.3 Å². The van der Waals surface area contributed by atoms with Gasteiger partial charge < -0.3 is 15.4 Å². The Morgan fingerprint density at radius 1 is 1.14 bits per heavy atom. The predicted molar refractivity (Wildman–Crippen MR) is 114 cm³/mol. The number of ether oxygens (including phenoxy) is 1. The lowest BCUT2D eigenvalue weighted by molar-refractivity contribution is -0.120. The number of carbonyl (C=O) groups is 2. The quantitative estimate of drug-likeness (QED) is 0.698. The molecule has 0 atom stereocenters. The fourth-order valence-electron chi connectivity index (χ4n) is 2.80. The van der Waals surface area contributed by atoms with Gasteiger partial charge in [0.05, 0.1) is 17.8 Å². The first-order chi connectivity index (χ1) is 13.5. The predicted octanol–water partition coefficient (Wildman–Crippen LogP) is 3.63. The van der Waals surface area contributed by atoms with Gasteiger partial charge in [0.2, 0.25) is 5.91 Å². The monoisotopic (exact) mass is 420 g/mol. The molecule has 7 nitrogen and oxygen atoms in total. The summed E-state index contributed by atoms with van der Waals surface area (Å²) in [6, 6.07) is 5.76. The smallest absolute Gasteiger partial charge is 0.407 e. The molecule has 1 aromatic heterocycles. The Labute approximate surface area is 176 Å². The molecule has 0 aliphatic rings. The normalized spacial score (nSPS) is 11.3. The lowest BCUT2D eigenvalue weighted by Crippen LogP contribution is -2.38. The van der Waals surface area contributed by atoms with Crippen molar-refractivity contribution in [1.82, 2.24) is 20.4 Å². The van der Waals surface area contributed by atoms with Gasteiger partial charge >= 0.3 is 6.09 Å². The first-order valence-corrected chi connectivity index (χ1v) is 9.91. The lowest BCUT2D eigenvalue weighted by Gasteiger charge is -2.19. The van der Waals surface area contributed by atoms with E-state index in [4.69, 9.17) is 16.3 Å². The Hall–Kier alpha value is -2.54. The highest BCUT2D eigenvalue weighted by molar-refractivity contribution is 6.31. The van der Waals surface area contributed by atoms with Gasteiger partial charge in [-0.3, -0.25) is 4.79 Å². The van der Waals surface area contributed by atoms with E-state index >= 15 is 0 Å². The van der Waals surface area contributed by atoms with E-state index in [1.165, 1.54) is 0 Å². The number of alkyl carbamates (subject to hydrolysis) is 1. The highest BCUT2D eigenvalue weighted by Gasteiger charge is 2.17. The van der Waals surface area contributed by atoms with E-state index < -0.39 is 11.7 Å². The van der Waals surface area contributed by atoms with Gasteiger partial charge in [-0.15, -0.1) is 0 Å². The number of amides is 2. The second-order valence-corrected chi connectivity index (χ2v) is 8.36. The molecule has 0 fully saturated rings. The number of nitrogens with one attached hydrogen (secondary N) is 2. The molecule has 29 heavy (non-hydrogen) atoms. The molecule has 8 heteroatoms. The summed E-state index contributed by atoms with van der Waals surface area (Å²) in [6.45, 7) is 11.8. The average molecular weight is 421 g/mol. The van der Waals surface area contributed by atoms with Gasteiger partial charge in [-0.2, -0.15) is 5.10 Å². The van der Waals surface area contributed by atoms with Crippen LogP contribution in [0.3, 0.4) is 0 Å². The van der Waals surface area contributed by atoms with Gasteiger partial charge in [-0.1, -0.05) is 17.7 Å². The van der Waals surface area contributed by atoms with Crippen LogP contribution in [0.15, 0.2) is 18.2 Å². The maximum absolute atomic E-state index is 12.3. The molecule has 0 saturated heterocycles. The highest BCUT2D eigenvalue weighted by Crippen LogP contribution is 2.23. The van der Waals surface area contributed by atoms with Gasteiger partial charge in [0.15, 0.2) is 0 Å². The summed E-state index contributed by atoms with van der Waals surface area (Å²) in [5.41, 5.74) is 3.86. The van der Waals surface area contributed by atoms with Crippen LogP contribution in [-0.2, 0) is 16.0 Å². The number of halogens is 1. The maximum Gasteiger partial charge on any atom is 0.407 e. The first-order valence-electron chi connectivity index (χ1n) is 9.53. The summed E-state index contributed by atoms with van der Waals surface area (Å²) in [5.74, 6) is -0.135. The van der Waals surface area contributed by atoms with E-state index in [9.17, 15) is 9.59 Å². The molecule has 0 aliphatic carbocycles. The van der Waals surface area contributed by atoms with Crippen LogP contribution in [0.2, 0.25) is 5.02 Å². The van der Waals surface area contributed by atoms with Crippen molar-refractivity contribution in [3.63, 3.8) is 0 Å². The topological polar surface area (TPSA) is 85.3 Å². The largest absolute Gasteiger partial charge is 0.444 e.